The van der Waals surface area contributed by atoms with Crippen LogP contribution in [0.2, 0.25) is 0 Å². The summed E-state index contributed by atoms with van der Waals surface area (Å²) in [5.41, 5.74) is 9.04. The number of hydrogen-bond acceptors (Lipinski definition) is 1. The Kier molecular flexibility index (Phi) is 2.14. The highest BCUT2D eigenvalue weighted by Gasteiger charge is 2.03. The van der Waals surface area contributed by atoms with Crippen molar-refractivity contribution in [2.24, 2.45) is 5.73 Å². The number of hydrogen-bond donors (Lipinski definition) is 2. The second-order valence-electron chi connectivity index (χ2n) is 3.20. The van der Waals surface area contributed by atoms with Gasteiger partial charge in [-0.1, -0.05) is 15.9 Å². The van der Waals surface area contributed by atoms with E-state index in [9.17, 15) is 0 Å². The van der Waals surface area contributed by atoms with E-state index in [1.807, 2.05) is 0 Å². The van der Waals surface area contributed by atoms with Crippen LogP contribution in [0.15, 0.2) is 22.7 Å². The molecular formula is C10H11BrN2. The third-order valence-electron chi connectivity index (χ3n) is 2.12. The fourth-order valence-corrected chi connectivity index (χ4v) is 2.13. The Morgan fingerprint density at radius 2 is 2.15 bits per heavy atom. The number of rotatable bonds is 1. The van der Waals surface area contributed by atoms with E-state index < -0.39 is 0 Å². The van der Waals surface area contributed by atoms with Crippen LogP contribution >= 0.6 is 15.9 Å². The zero-order valence-corrected chi connectivity index (χ0v) is 8.98. The molecule has 0 amide bonds. The first-order valence-electron chi connectivity index (χ1n) is 4.18. The number of nitrogens with one attached hydrogen (secondary N) is 1. The zero-order chi connectivity index (χ0) is 9.42. The summed E-state index contributed by atoms with van der Waals surface area (Å²) in [5.74, 6) is 0. The maximum absolute atomic E-state index is 5.58. The van der Waals surface area contributed by atoms with Crippen LogP contribution in [-0.4, -0.2) is 4.98 Å². The molecule has 1 aromatic heterocycles. The smallest absolute Gasteiger partial charge is 0.0470 e. The van der Waals surface area contributed by atoms with Gasteiger partial charge in [0, 0.05) is 27.6 Å². The van der Waals surface area contributed by atoms with Crippen LogP contribution < -0.4 is 5.73 Å². The number of fused-ring (bicyclic) bond motifs is 1. The Morgan fingerprint density at radius 1 is 1.38 bits per heavy atom. The summed E-state index contributed by atoms with van der Waals surface area (Å²) in [6, 6.07) is 6.28. The Hall–Kier alpha value is -0.800. The quantitative estimate of drug-likeness (QED) is 0.789. The first-order valence-corrected chi connectivity index (χ1v) is 4.98. The van der Waals surface area contributed by atoms with Crippen LogP contribution in [0.3, 0.4) is 0 Å². The van der Waals surface area contributed by atoms with E-state index in [1.165, 1.54) is 11.1 Å². The summed E-state index contributed by atoms with van der Waals surface area (Å²) >= 11 is 3.53. The zero-order valence-electron chi connectivity index (χ0n) is 7.39. The van der Waals surface area contributed by atoms with Crippen molar-refractivity contribution in [3.05, 3.63) is 33.9 Å². The maximum Gasteiger partial charge on any atom is 0.0470 e. The molecule has 2 aromatic rings. The Balaban J connectivity index is 2.75. The second kappa shape index (κ2) is 3.16. The van der Waals surface area contributed by atoms with Gasteiger partial charge in [0.15, 0.2) is 0 Å². The number of benzene rings is 1. The number of halogens is 1. The van der Waals surface area contributed by atoms with Gasteiger partial charge >= 0.3 is 0 Å². The minimum absolute atomic E-state index is 0.576. The van der Waals surface area contributed by atoms with Crippen LogP contribution in [0.1, 0.15) is 11.3 Å². The van der Waals surface area contributed by atoms with Crippen molar-refractivity contribution in [2.75, 3.05) is 0 Å². The van der Waals surface area contributed by atoms with E-state index in [-0.39, 0.29) is 0 Å². The van der Waals surface area contributed by atoms with Crippen LogP contribution in [-0.2, 0) is 6.54 Å². The molecule has 0 spiro atoms. The average molecular weight is 239 g/mol. The van der Waals surface area contributed by atoms with Gasteiger partial charge in [-0.2, -0.15) is 0 Å². The van der Waals surface area contributed by atoms with E-state index in [0.29, 0.717) is 6.54 Å². The lowest BCUT2D eigenvalue weighted by molar-refractivity contribution is 1.07. The summed E-state index contributed by atoms with van der Waals surface area (Å²) in [6.45, 7) is 2.63. The highest BCUT2D eigenvalue weighted by Crippen LogP contribution is 2.26. The monoisotopic (exact) mass is 238 g/mol. The molecule has 0 atom stereocenters. The van der Waals surface area contributed by atoms with E-state index in [0.717, 1.165) is 15.6 Å². The predicted octanol–water partition coefficient (Wildman–Crippen LogP) is 2.70. The Labute approximate surface area is 85.3 Å². The van der Waals surface area contributed by atoms with Gasteiger partial charge in [-0.25, -0.2) is 0 Å². The molecule has 0 aliphatic carbocycles. The van der Waals surface area contributed by atoms with E-state index >= 15 is 0 Å². The van der Waals surface area contributed by atoms with Crippen molar-refractivity contribution in [3.63, 3.8) is 0 Å². The van der Waals surface area contributed by atoms with Gasteiger partial charge in [-0.05, 0) is 30.7 Å². The molecule has 0 aliphatic heterocycles. The number of aryl methyl sites for hydroxylation is 1. The molecule has 2 rings (SSSR count). The SMILES string of the molecule is Cc1cc2c(Br)cc(CN)cc2[nH]1. The Bertz CT molecular complexity index is 445. The van der Waals surface area contributed by atoms with Gasteiger partial charge in [-0.15, -0.1) is 0 Å². The van der Waals surface area contributed by atoms with Crippen LogP contribution in [0, 0.1) is 6.92 Å². The van der Waals surface area contributed by atoms with Crippen molar-refractivity contribution in [3.8, 4) is 0 Å². The largest absolute Gasteiger partial charge is 0.359 e. The number of nitrogens with two attached hydrogens (primary N) is 1. The lowest BCUT2D eigenvalue weighted by atomic mass is 10.1. The standard InChI is InChI=1S/C10H11BrN2/c1-6-2-8-9(11)3-7(5-12)4-10(8)13-6/h2-4,13H,5,12H2,1H3. The first-order chi connectivity index (χ1) is 6.20. The van der Waals surface area contributed by atoms with Gasteiger partial charge in [0.2, 0.25) is 0 Å². The van der Waals surface area contributed by atoms with Crippen LogP contribution in [0.4, 0.5) is 0 Å². The Morgan fingerprint density at radius 3 is 2.85 bits per heavy atom. The molecule has 1 aromatic carbocycles. The fourth-order valence-electron chi connectivity index (χ4n) is 1.51. The molecule has 3 N–H and O–H groups in total. The van der Waals surface area contributed by atoms with Crippen LogP contribution in [0.25, 0.3) is 10.9 Å². The summed E-state index contributed by atoms with van der Waals surface area (Å²) in [6.07, 6.45) is 0. The molecule has 68 valence electrons. The second-order valence-corrected chi connectivity index (χ2v) is 4.05. The van der Waals surface area contributed by atoms with E-state index in [4.69, 9.17) is 5.73 Å². The fraction of sp³-hybridized carbons (Fsp3) is 0.200. The maximum atomic E-state index is 5.58. The van der Waals surface area contributed by atoms with E-state index in [2.05, 4.69) is 46.0 Å². The van der Waals surface area contributed by atoms with Crippen molar-refractivity contribution in [1.29, 1.82) is 0 Å². The third kappa shape index (κ3) is 1.49. The summed E-state index contributed by atoms with van der Waals surface area (Å²) in [7, 11) is 0. The molecule has 0 fully saturated rings. The van der Waals surface area contributed by atoms with E-state index in [1.54, 1.807) is 0 Å². The lowest BCUT2D eigenvalue weighted by Crippen LogP contribution is -1.95. The summed E-state index contributed by atoms with van der Waals surface area (Å²) in [4.78, 5) is 3.29. The lowest BCUT2D eigenvalue weighted by Gasteiger charge is -1.99. The molecule has 0 saturated heterocycles. The summed E-state index contributed by atoms with van der Waals surface area (Å²) in [5, 5.41) is 1.22. The molecule has 2 nitrogen and oxygen atoms in total. The number of aromatic amines is 1. The molecule has 1 heterocycles. The third-order valence-corrected chi connectivity index (χ3v) is 2.77. The molecule has 3 heteroatoms. The van der Waals surface area contributed by atoms with Crippen molar-refractivity contribution in [1.82, 2.24) is 4.98 Å². The van der Waals surface area contributed by atoms with Crippen LogP contribution in [0.5, 0.6) is 0 Å². The highest BCUT2D eigenvalue weighted by atomic mass is 79.9. The predicted molar refractivity (Wildman–Crippen MR) is 58.6 cm³/mol. The summed E-state index contributed by atoms with van der Waals surface area (Å²) < 4.78 is 1.11. The number of aromatic nitrogens is 1. The molecular weight excluding hydrogens is 228 g/mol. The van der Waals surface area contributed by atoms with Crippen molar-refractivity contribution < 1.29 is 0 Å². The average Bonchev–Trinajstić information content (AvgIpc) is 2.46. The topological polar surface area (TPSA) is 41.8 Å². The number of H-pyrrole nitrogens is 1. The minimum Gasteiger partial charge on any atom is -0.359 e. The van der Waals surface area contributed by atoms with Crippen molar-refractivity contribution >= 4 is 26.8 Å². The van der Waals surface area contributed by atoms with Crippen molar-refractivity contribution in [2.45, 2.75) is 13.5 Å². The minimum atomic E-state index is 0.576. The molecule has 13 heavy (non-hydrogen) atoms. The van der Waals surface area contributed by atoms with Gasteiger partial charge in [0.25, 0.3) is 0 Å². The van der Waals surface area contributed by atoms with Gasteiger partial charge in [0.05, 0.1) is 0 Å². The normalized spacial score (nSPS) is 11.0. The molecule has 0 aliphatic rings. The molecule has 0 radical (unpaired) electrons. The highest BCUT2D eigenvalue weighted by molar-refractivity contribution is 9.10. The van der Waals surface area contributed by atoms with Gasteiger partial charge < -0.3 is 10.7 Å². The molecule has 0 unspecified atom stereocenters. The molecule has 0 saturated carbocycles. The van der Waals surface area contributed by atoms with Gasteiger partial charge in [0.1, 0.15) is 0 Å². The van der Waals surface area contributed by atoms with Gasteiger partial charge in [-0.3, -0.25) is 0 Å². The molecule has 0 bridgehead atoms. The first kappa shape index (κ1) is 8.78.